The van der Waals surface area contributed by atoms with Crippen molar-refractivity contribution in [1.82, 2.24) is 20.9 Å². The first-order chi connectivity index (χ1) is 13.0. The molecular formula is C18H32IN5O2S2. The maximum Gasteiger partial charge on any atom is 0.263 e. The highest BCUT2D eigenvalue weighted by Crippen LogP contribution is 2.22. The van der Waals surface area contributed by atoms with Crippen LogP contribution in [0.3, 0.4) is 0 Å². The molecule has 3 N–H and O–H groups in total. The minimum absolute atomic E-state index is 0. The highest BCUT2D eigenvalue weighted by atomic mass is 127. The number of nitrogens with one attached hydrogen (secondary N) is 3. The van der Waals surface area contributed by atoms with E-state index in [1.807, 2.05) is 20.8 Å². The summed E-state index contributed by atoms with van der Waals surface area (Å²) in [4.78, 5) is 21.4. The number of rotatable bonds is 8. The number of carbonyl (C=O) groups excluding carboxylic acids is 1. The van der Waals surface area contributed by atoms with E-state index in [1.165, 1.54) is 11.3 Å². The lowest BCUT2D eigenvalue weighted by Gasteiger charge is -2.30. The molecule has 0 bridgehead atoms. The van der Waals surface area contributed by atoms with Gasteiger partial charge < -0.3 is 16.0 Å². The van der Waals surface area contributed by atoms with Gasteiger partial charge in [-0.25, -0.2) is 4.98 Å². The van der Waals surface area contributed by atoms with Gasteiger partial charge in [0.1, 0.15) is 4.88 Å². The molecule has 0 aromatic carbocycles. The molecule has 10 heteroatoms. The third-order valence-electron chi connectivity index (χ3n) is 4.59. The summed E-state index contributed by atoms with van der Waals surface area (Å²) in [5, 5.41) is 9.90. The van der Waals surface area contributed by atoms with Gasteiger partial charge in [-0.05, 0) is 33.1 Å². The standard InChI is InChI=1S/C18H31N5O2S2.HI/c1-4-19-18(23-14-7-6-8-15(11-14)27(25)5-2)21-10-9-20-17(24)16-13(3)22-12-26-16;/h12,14-15H,4-11H2,1-3H3,(H,20,24)(H2,19,21,23);1H. The molecule has 0 saturated heterocycles. The number of thiazole rings is 1. The predicted octanol–water partition coefficient (Wildman–Crippen LogP) is 2.43. The highest BCUT2D eigenvalue weighted by Gasteiger charge is 2.26. The van der Waals surface area contributed by atoms with Crippen LogP contribution in [0.15, 0.2) is 10.5 Å². The Morgan fingerprint density at radius 1 is 1.36 bits per heavy atom. The van der Waals surface area contributed by atoms with Gasteiger partial charge in [0.2, 0.25) is 0 Å². The third-order valence-corrected chi connectivity index (χ3v) is 7.25. The van der Waals surface area contributed by atoms with Crippen LogP contribution in [-0.2, 0) is 10.8 Å². The summed E-state index contributed by atoms with van der Waals surface area (Å²) in [6.45, 7) is 7.59. The van der Waals surface area contributed by atoms with E-state index in [2.05, 4.69) is 25.9 Å². The smallest absolute Gasteiger partial charge is 0.263 e. The topological polar surface area (TPSA) is 95.5 Å². The molecule has 1 heterocycles. The molecule has 0 radical (unpaired) electrons. The van der Waals surface area contributed by atoms with Crippen molar-refractivity contribution in [3.8, 4) is 0 Å². The Labute approximate surface area is 191 Å². The maximum atomic E-state index is 12.1. The summed E-state index contributed by atoms with van der Waals surface area (Å²) in [5.41, 5.74) is 2.44. The zero-order valence-corrected chi connectivity index (χ0v) is 20.8. The second kappa shape index (κ2) is 13.5. The fraction of sp³-hybridized carbons (Fsp3) is 0.722. The van der Waals surface area contributed by atoms with Crippen molar-refractivity contribution in [3.05, 3.63) is 16.1 Å². The van der Waals surface area contributed by atoms with Crippen molar-refractivity contribution in [2.24, 2.45) is 4.99 Å². The molecule has 1 amide bonds. The average Bonchev–Trinajstić information content (AvgIpc) is 3.10. The van der Waals surface area contributed by atoms with Gasteiger partial charge in [0, 0.05) is 40.9 Å². The van der Waals surface area contributed by atoms with Crippen LogP contribution in [0.25, 0.3) is 0 Å². The fourth-order valence-electron chi connectivity index (χ4n) is 3.20. The molecule has 0 spiro atoms. The van der Waals surface area contributed by atoms with Crippen LogP contribution >= 0.6 is 35.3 Å². The molecule has 1 fully saturated rings. The van der Waals surface area contributed by atoms with Crippen molar-refractivity contribution in [3.63, 3.8) is 0 Å². The van der Waals surface area contributed by atoms with Gasteiger partial charge in [-0.3, -0.25) is 14.0 Å². The van der Waals surface area contributed by atoms with Crippen LogP contribution in [0.2, 0.25) is 0 Å². The predicted molar refractivity (Wildman–Crippen MR) is 128 cm³/mol. The van der Waals surface area contributed by atoms with Crippen LogP contribution in [0.4, 0.5) is 0 Å². The maximum absolute atomic E-state index is 12.1. The summed E-state index contributed by atoms with van der Waals surface area (Å²) < 4.78 is 12.1. The lowest BCUT2D eigenvalue weighted by molar-refractivity contribution is 0.0958. The Balaban J connectivity index is 0.00000392. The number of aromatic nitrogens is 1. The van der Waals surface area contributed by atoms with Crippen LogP contribution in [0.5, 0.6) is 0 Å². The summed E-state index contributed by atoms with van der Waals surface area (Å²) in [5.74, 6) is 1.39. The molecule has 160 valence electrons. The zero-order valence-electron chi connectivity index (χ0n) is 16.8. The first kappa shape index (κ1) is 25.3. The van der Waals surface area contributed by atoms with Crippen molar-refractivity contribution in [2.45, 2.75) is 57.7 Å². The van der Waals surface area contributed by atoms with Gasteiger partial charge in [-0.1, -0.05) is 13.3 Å². The second-order valence-electron chi connectivity index (χ2n) is 6.58. The summed E-state index contributed by atoms with van der Waals surface area (Å²) >= 11 is 1.35. The molecule has 28 heavy (non-hydrogen) atoms. The molecule has 1 aromatic heterocycles. The molecule has 1 aliphatic carbocycles. The van der Waals surface area contributed by atoms with Gasteiger partial charge in [0.25, 0.3) is 5.91 Å². The van der Waals surface area contributed by atoms with E-state index in [9.17, 15) is 9.00 Å². The van der Waals surface area contributed by atoms with Gasteiger partial charge in [0.05, 0.1) is 17.7 Å². The van der Waals surface area contributed by atoms with E-state index in [0.29, 0.717) is 24.0 Å². The number of carbonyl (C=O) groups is 1. The lowest BCUT2D eigenvalue weighted by atomic mass is 9.95. The highest BCUT2D eigenvalue weighted by molar-refractivity contribution is 14.0. The normalized spacial score (nSPS) is 20.8. The minimum Gasteiger partial charge on any atom is -0.357 e. The molecule has 1 aromatic rings. The van der Waals surface area contributed by atoms with E-state index >= 15 is 0 Å². The Kier molecular flexibility index (Phi) is 12.2. The number of hydrogen-bond donors (Lipinski definition) is 3. The largest absolute Gasteiger partial charge is 0.357 e. The van der Waals surface area contributed by atoms with Gasteiger partial charge in [0.15, 0.2) is 5.96 Å². The second-order valence-corrected chi connectivity index (χ2v) is 9.44. The van der Waals surface area contributed by atoms with Crippen LogP contribution in [0.1, 0.15) is 54.9 Å². The number of nitrogens with zero attached hydrogens (tertiary/aromatic N) is 2. The minimum atomic E-state index is -0.733. The first-order valence-corrected chi connectivity index (χ1v) is 11.9. The molecule has 1 saturated carbocycles. The third kappa shape index (κ3) is 7.94. The van der Waals surface area contributed by atoms with Crippen LogP contribution in [0, 0.1) is 6.92 Å². The lowest BCUT2D eigenvalue weighted by Crippen LogP contribution is -2.47. The Hall–Kier alpha value is -0.750. The molecule has 1 aliphatic rings. The quantitative estimate of drug-likeness (QED) is 0.204. The van der Waals surface area contributed by atoms with Gasteiger partial charge in [-0.15, -0.1) is 35.3 Å². The van der Waals surface area contributed by atoms with E-state index in [0.717, 1.165) is 49.6 Å². The SMILES string of the molecule is CCNC(=NCCNC(=O)c1scnc1C)NC1CCCC(S(=O)CC)C1.I. The number of guanidine groups is 1. The van der Waals surface area contributed by atoms with Crippen LogP contribution < -0.4 is 16.0 Å². The number of hydrogen-bond acceptors (Lipinski definition) is 5. The molecule has 2 rings (SSSR count). The average molecular weight is 542 g/mol. The number of aryl methyl sites for hydroxylation is 1. The summed E-state index contributed by atoms with van der Waals surface area (Å²) in [6.07, 6.45) is 4.14. The molecule has 3 atom stereocenters. The first-order valence-electron chi connectivity index (χ1n) is 9.65. The van der Waals surface area contributed by atoms with E-state index in [-0.39, 0.29) is 35.1 Å². The van der Waals surface area contributed by atoms with E-state index in [1.54, 1.807) is 5.51 Å². The van der Waals surface area contributed by atoms with E-state index < -0.39 is 10.8 Å². The fourth-order valence-corrected chi connectivity index (χ4v) is 5.27. The van der Waals surface area contributed by atoms with Crippen molar-refractivity contribution >= 4 is 58.0 Å². The Bertz CT molecular complexity index is 668. The monoisotopic (exact) mass is 541 g/mol. The molecule has 0 aliphatic heterocycles. The number of aliphatic imine (C=N–C) groups is 1. The van der Waals surface area contributed by atoms with Crippen molar-refractivity contribution in [1.29, 1.82) is 0 Å². The number of amides is 1. The van der Waals surface area contributed by atoms with Crippen LogP contribution in [-0.4, -0.2) is 57.7 Å². The summed E-state index contributed by atoms with van der Waals surface area (Å²) in [7, 11) is -0.733. The zero-order chi connectivity index (χ0) is 19.6. The summed E-state index contributed by atoms with van der Waals surface area (Å²) in [6, 6.07) is 0.298. The van der Waals surface area contributed by atoms with E-state index in [4.69, 9.17) is 0 Å². The van der Waals surface area contributed by atoms with Crippen molar-refractivity contribution in [2.75, 3.05) is 25.4 Å². The molecule has 3 unspecified atom stereocenters. The number of halogens is 1. The van der Waals surface area contributed by atoms with Gasteiger partial charge in [-0.2, -0.15) is 0 Å². The Morgan fingerprint density at radius 3 is 2.79 bits per heavy atom. The Morgan fingerprint density at radius 2 is 2.14 bits per heavy atom. The van der Waals surface area contributed by atoms with Crippen molar-refractivity contribution < 1.29 is 9.00 Å². The van der Waals surface area contributed by atoms with Gasteiger partial charge >= 0.3 is 0 Å². The molecular weight excluding hydrogens is 509 g/mol. The molecule has 7 nitrogen and oxygen atoms in total.